The second kappa shape index (κ2) is 10.5. The highest BCUT2D eigenvalue weighted by Gasteiger charge is 2.17. The van der Waals surface area contributed by atoms with Gasteiger partial charge >= 0.3 is 0 Å². The van der Waals surface area contributed by atoms with Gasteiger partial charge in [-0.2, -0.15) is 0 Å². The minimum atomic E-state index is -0.627. The van der Waals surface area contributed by atoms with Gasteiger partial charge in [-0.25, -0.2) is 0 Å². The largest absolute Gasteiger partial charge is 0.390 e. The molecule has 0 spiro atoms. The number of halogens is 1. The summed E-state index contributed by atoms with van der Waals surface area (Å²) in [4.78, 5) is 26.4. The van der Waals surface area contributed by atoms with Crippen LogP contribution >= 0.6 is 11.6 Å². The molecule has 0 saturated carbocycles. The molecule has 7 heteroatoms. The Bertz CT molecular complexity index is 616. The van der Waals surface area contributed by atoms with Gasteiger partial charge in [0.15, 0.2) is 0 Å². The number of carbonyl (C=O) groups excluding carboxylic acids is 2. The van der Waals surface area contributed by atoms with Crippen molar-refractivity contribution in [1.82, 2.24) is 10.2 Å². The van der Waals surface area contributed by atoms with E-state index in [1.165, 1.54) is 12.8 Å². The van der Waals surface area contributed by atoms with Crippen LogP contribution in [0, 0.1) is 0 Å². The minimum absolute atomic E-state index is 0.166. The van der Waals surface area contributed by atoms with Crippen molar-refractivity contribution in [3.63, 3.8) is 0 Å². The number of likely N-dealkylation sites (tertiary alicyclic amines) is 1. The Morgan fingerprint density at radius 2 is 1.92 bits per heavy atom. The van der Waals surface area contributed by atoms with Gasteiger partial charge in [-0.1, -0.05) is 31.4 Å². The van der Waals surface area contributed by atoms with Crippen molar-refractivity contribution in [1.29, 1.82) is 0 Å². The quantitative estimate of drug-likeness (QED) is 0.678. The molecular formula is C19H28ClN3O3. The molecule has 0 bridgehead atoms. The molecule has 3 N–H and O–H groups in total. The van der Waals surface area contributed by atoms with Crippen LogP contribution in [0.25, 0.3) is 0 Å². The van der Waals surface area contributed by atoms with E-state index in [9.17, 15) is 14.7 Å². The second-order valence-corrected chi connectivity index (χ2v) is 7.11. The normalized spacial score (nSPS) is 16.6. The lowest BCUT2D eigenvalue weighted by Crippen LogP contribution is -2.40. The third-order valence-electron chi connectivity index (χ3n) is 4.49. The number of nitrogens with one attached hydrogen (secondary N) is 2. The molecule has 2 rings (SSSR count). The fraction of sp³-hybridized carbons (Fsp3) is 0.579. The van der Waals surface area contributed by atoms with Gasteiger partial charge < -0.3 is 20.6 Å². The molecule has 1 aliphatic heterocycles. The van der Waals surface area contributed by atoms with Crippen LogP contribution < -0.4 is 10.6 Å². The van der Waals surface area contributed by atoms with Gasteiger partial charge in [0.05, 0.1) is 17.4 Å². The molecule has 1 aromatic carbocycles. The molecule has 2 amide bonds. The summed E-state index contributed by atoms with van der Waals surface area (Å²) in [5.74, 6) is -0.537. The minimum Gasteiger partial charge on any atom is -0.390 e. The number of hydrogen-bond donors (Lipinski definition) is 3. The van der Waals surface area contributed by atoms with Crippen LogP contribution in [0.1, 0.15) is 49.4 Å². The molecule has 1 atom stereocenters. The van der Waals surface area contributed by atoms with Crippen LogP contribution in [0.2, 0.25) is 5.02 Å². The third kappa shape index (κ3) is 6.59. The summed E-state index contributed by atoms with van der Waals surface area (Å²) < 4.78 is 0. The van der Waals surface area contributed by atoms with Crippen LogP contribution in [0.5, 0.6) is 0 Å². The highest BCUT2D eigenvalue weighted by Crippen LogP contribution is 2.21. The van der Waals surface area contributed by atoms with E-state index in [-0.39, 0.29) is 18.4 Å². The molecule has 6 nitrogen and oxygen atoms in total. The molecule has 0 radical (unpaired) electrons. The van der Waals surface area contributed by atoms with Gasteiger partial charge in [-0.05, 0) is 44.1 Å². The summed E-state index contributed by atoms with van der Waals surface area (Å²) in [6.07, 6.45) is 4.48. The van der Waals surface area contributed by atoms with Crippen LogP contribution in [-0.2, 0) is 4.79 Å². The summed E-state index contributed by atoms with van der Waals surface area (Å²) in [7, 11) is 0. The molecule has 1 heterocycles. The number of nitrogens with zero attached hydrogens (tertiary/aromatic N) is 1. The summed E-state index contributed by atoms with van der Waals surface area (Å²) in [6, 6.07) is 4.73. The monoisotopic (exact) mass is 381 g/mol. The van der Waals surface area contributed by atoms with Gasteiger partial charge in [-0.3, -0.25) is 9.59 Å². The fourth-order valence-electron chi connectivity index (χ4n) is 3.04. The van der Waals surface area contributed by atoms with Gasteiger partial charge in [0.1, 0.15) is 0 Å². The Morgan fingerprint density at radius 1 is 1.23 bits per heavy atom. The lowest BCUT2D eigenvalue weighted by molar-refractivity contribution is -0.115. The summed E-state index contributed by atoms with van der Waals surface area (Å²) in [5.41, 5.74) is 0.710. The maximum absolute atomic E-state index is 12.5. The molecule has 144 valence electrons. The van der Waals surface area contributed by atoms with E-state index in [0.717, 1.165) is 25.9 Å². The SMILES string of the molecule is CCC(=O)Nc1cc(Cl)ccc1C(=O)NCC(O)CN1CCCCCC1. The highest BCUT2D eigenvalue weighted by atomic mass is 35.5. The topological polar surface area (TPSA) is 81.7 Å². The van der Waals surface area contributed by atoms with Crippen LogP contribution in [0.4, 0.5) is 5.69 Å². The van der Waals surface area contributed by atoms with E-state index in [1.54, 1.807) is 25.1 Å². The molecule has 1 unspecified atom stereocenters. The first-order chi connectivity index (χ1) is 12.5. The van der Waals surface area contributed by atoms with Crippen molar-refractivity contribution < 1.29 is 14.7 Å². The number of anilines is 1. The number of aliphatic hydroxyl groups is 1. The number of aliphatic hydroxyl groups excluding tert-OH is 1. The van der Waals surface area contributed by atoms with Crippen molar-refractivity contribution in [3.05, 3.63) is 28.8 Å². The predicted octanol–water partition coefficient (Wildman–Crippen LogP) is 2.66. The van der Waals surface area contributed by atoms with E-state index in [2.05, 4.69) is 15.5 Å². The zero-order valence-electron chi connectivity index (χ0n) is 15.3. The first kappa shape index (κ1) is 20.7. The Morgan fingerprint density at radius 3 is 2.58 bits per heavy atom. The van der Waals surface area contributed by atoms with Crippen molar-refractivity contribution in [2.24, 2.45) is 0 Å². The van der Waals surface area contributed by atoms with Crippen LogP contribution in [0.15, 0.2) is 18.2 Å². The van der Waals surface area contributed by atoms with Gasteiger partial charge in [-0.15, -0.1) is 0 Å². The zero-order valence-corrected chi connectivity index (χ0v) is 16.0. The van der Waals surface area contributed by atoms with Crippen molar-refractivity contribution in [2.75, 3.05) is 31.5 Å². The molecule has 0 aromatic heterocycles. The highest BCUT2D eigenvalue weighted by molar-refractivity contribution is 6.31. The van der Waals surface area contributed by atoms with Crippen molar-refractivity contribution >= 4 is 29.1 Å². The maximum atomic E-state index is 12.5. The molecule has 1 aliphatic rings. The lowest BCUT2D eigenvalue weighted by atomic mass is 10.1. The van der Waals surface area contributed by atoms with Crippen molar-refractivity contribution in [2.45, 2.75) is 45.1 Å². The van der Waals surface area contributed by atoms with Gasteiger partial charge in [0, 0.05) is 24.5 Å². The van der Waals surface area contributed by atoms with Crippen molar-refractivity contribution in [3.8, 4) is 0 Å². The number of rotatable bonds is 7. The molecule has 1 saturated heterocycles. The Hall–Kier alpha value is -1.63. The van der Waals surface area contributed by atoms with E-state index in [4.69, 9.17) is 11.6 Å². The van der Waals surface area contributed by atoms with Gasteiger partial charge in [0.25, 0.3) is 5.91 Å². The number of β-amino-alcohol motifs (C(OH)–C–C–N with tert-alkyl or cyclic N) is 1. The smallest absolute Gasteiger partial charge is 0.253 e. The van der Waals surface area contributed by atoms with E-state index in [0.29, 0.717) is 29.2 Å². The Labute approximate surface area is 159 Å². The molecule has 1 aromatic rings. The number of benzene rings is 1. The molecular weight excluding hydrogens is 354 g/mol. The van der Waals surface area contributed by atoms with Crippen LogP contribution in [-0.4, -0.2) is 54.1 Å². The molecule has 0 aliphatic carbocycles. The summed E-state index contributed by atoms with van der Waals surface area (Å²) in [5, 5.41) is 16.1. The first-order valence-electron chi connectivity index (χ1n) is 9.27. The van der Waals surface area contributed by atoms with Crippen LogP contribution in [0.3, 0.4) is 0 Å². The van der Waals surface area contributed by atoms with E-state index >= 15 is 0 Å². The first-order valence-corrected chi connectivity index (χ1v) is 9.65. The number of amides is 2. The number of carbonyl (C=O) groups is 2. The maximum Gasteiger partial charge on any atom is 0.253 e. The van der Waals surface area contributed by atoms with E-state index < -0.39 is 6.10 Å². The number of hydrogen-bond acceptors (Lipinski definition) is 4. The second-order valence-electron chi connectivity index (χ2n) is 6.67. The Kier molecular flexibility index (Phi) is 8.35. The lowest BCUT2D eigenvalue weighted by Gasteiger charge is -2.23. The molecule has 1 fully saturated rings. The fourth-order valence-corrected chi connectivity index (χ4v) is 3.22. The average Bonchev–Trinajstić information content (AvgIpc) is 2.88. The zero-order chi connectivity index (χ0) is 18.9. The average molecular weight is 382 g/mol. The van der Waals surface area contributed by atoms with Gasteiger partial charge in [0.2, 0.25) is 5.91 Å². The summed E-state index contributed by atoms with van der Waals surface area (Å²) >= 11 is 5.97. The predicted molar refractivity (Wildman–Crippen MR) is 104 cm³/mol. The molecule has 26 heavy (non-hydrogen) atoms. The van der Waals surface area contributed by atoms with E-state index in [1.807, 2.05) is 0 Å². The standard InChI is InChI=1S/C19H28ClN3O3/c1-2-18(25)22-17-11-14(20)7-8-16(17)19(26)21-12-15(24)13-23-9-5-3-4-6-10-23/h7-8,11,15,24H,2-6,9-10,12-13H2,1H3,(H,21,26)(H,22,25). The summed E-state index contributed by atoms with van der Waals surface area (Å²) in [6.45, 7) is 4.45. The Balaban J connectivity index is 1.91. The third-order valence-corrected chi connectivity index (χ3v) is 4.72.